The van der Waals surface area contributed by atoms with E-state index in [1.165, 1.54) is 84.4 Å². The van der Waals surface area contributed by atoms with E-state index in [1.54, 1.807) is 0 Å². The monoisotopic (exact) mass is 1030 g/mol. The molecular formula is C70H98BN2OS. The van der Waals surface area contributed by atoms with Crippen molar-refractivity contribution >= 4 is 39.1 Å². The van der Waals surface area contributed by atoms with Crippen LogP contribution in [-0.2, 0) is 16.2 Å². The number of benzene rings is 2. The molecule has 5 heteroatoms. The van der Waals surface area contributed by atoms with E-state index >= 15 is 0 Å². The molecule has 3 nitrogen and oxygen atoms in total. The number of hydrogen-bond donors (Lipinski definition) is 1. The summed E-state index contributed by atoms with van der Waals surface area (Å²) in [7, 11) is 2.52. The van der Waals surface area contributed by atoms with Gasteiger partial charge in [0.2, 0.25) is 7.28 Å². The highest BCUT2D eigenvalue weighted by atomic mass is 32.1. The third-order valence-corrected chi connectivity index (χ3v) is 18.0. The lowest BCUT2D eigenvalue weighted by atomic mass is 9.60. The number of fused-ring (bicyclic) bond motifs is 3. The average Bonchev–Trinajstić information content (AvgIpc) is 3.91. The Hall–Kier alpha value is -4.74. The van der Waals surface area contributed by atoms with E-state index in [1.807, 2.05) is 11.3 Å². The number of allylic oxidation sites excluding steroid dienone is 13. The lowest BCUT2D eigenvalue weighted by Gasteiger charge is -2.45. The largest absolute Gasteiger partial charge is 0.485 e. The summed E-state index contributed by atoms with van der Waals surface area (Å²) in [5.41, 5.74) is 15.4. The highest BCUT2D eigenvalue weighted by molar-refractivity contribution is 7.27. The fourth-order valence-corrected chi connectivity index (χ4v) is 12.5. The highest BCUT2D eigenvalue weighted by Gasteiger charge is 2.40. The third kappa shape index (κ3) is 14.6. The van der Waals surface area contributed by atoms with Gasteiger partial charge in [-0.2, -0.15) is 11.3 Å². The Balaban J connectivity index is 1.43. The quantitative estimate of drug-likeness (QED) is 0.0654. The number of hydrogen-bond acceptors (Lipinski definition) is 4. The van der Waals surface area contributed by atoms with Crippen molar-refractivity contribution in [2.24, 2.45) is 16.7 Å². The summed E-state index contributed by atoms with van der Waals surface area (Å²) in [5, 5.41) is 5.02. The molecule has 2 aromatic carbocycles. The van der Waals surface area contributed by atoms with Gasteiger partial charge in [-0.15, -0.1) is 0 Å². The first-order chi connectivity index (χ1) is 35.4. The van der Waals surface area contributed by atoms with Crippen LogP contribution < -0.4 is 14.8 Å². The number of nitrogens with zero attached hydrogens (tertiary/aromatic N) is 1. The molecule has 1 aliphatic heterocycles. The standard InChI is InChI=1S/C70H98BN2OS/c1-19-23-24-25-26-27-31-57-58(68(13,14)38-37-67(57,11)12)36-43-73(55(30-21-3)35-42-72-41-28-32-62-50(6)56-47-54(66(8,9)10)33-34-63(56)74-62)51(7)61(45-52(29-20-2)49(5)22-4)71-65-46-53-44-59-60(48-64(53)75-65)70(17,18)40-39-69(59,15)16/h19,21,23-25,28,30-31,33-36,41,44-49,62,72H,6,20,22,26-27,29,32,37-40,42-43H2,1-5,7-18H3/b23-19-,25-24-,30-21-,41-28+,52-45+,55-35+,57-31+,58-36+,61-51-. The SMILES string of the molecule is C=C1c2cc(C(C)(C)C)ccc2OC1C/C=C/NC/C=C(\C=C/C)N(C/C=C1\C(=C/CC/C=C\C=C/C)C(C)(C)CCC1(C)C)/C(C)=C([B]c1cc2cc3c(cc2s1)C(C)(C)CCC3(C)C)/C=C(\CCC)C(C)CC. The fraction of sp³-hybridized carbons (Fsp3) is 0.514. The number of ether oxygens (including phenoxy) is 1. The van der Waals surface area contributed by atoms with Crippen molar-refractivity contribution in [3.63, 3.8) is 0 Å². The topological polar surface area (TPSA) is 24.5 Å². The van der Waals surface area contributed by atoms with Crippen molar-refractivity contribution in [2.45, 2.75) is 204 Å². The van der Waals surface area contributed by atoms with E-state index in [4.69, 9.17) is 4.74 Å². The molecule has 1 fully saturated rings. The van der Waals surface area contributed by atoms with E-state index in [-0.39, 0.29) is 33.2 Å². The Kier molecular flexibility index (Phi) is 20.0. The van der Waals surface area contributed by atoms with E-state index in [0.717, 1.165) is 68.4 Å². The Morgan fingerprint density at radius 1 is 0.853 bits per heavy atom. The second-order valence-electron chi connectivity index (χ2n) is 25.7. The molecule has 3 aromatic rings. The zero-order valence-corrected chi connectivity index (χ0v) is 50.9. The molecule has 75 heavy (non-hydrogen) atoms. The van der Waals surface area contributed by atoms with Crippen molar-refractivity contribution in [2.75, 3.05) is 13.1 Å². The van der Waals surface area contributed by atoms with Crippen molar-refractivity contribution in [1.29, 1.82) is 0 Å². The van der Waals surface area contributed by atoms with Gasteiger partial charge in [-0.1, -0.05) is 182 Å². The van der Waals surface area contributed by atoms with E-state index in [2.05, 4.69) is 251 Å². The Bertz CT molecular complexity index is 2730. The Morgan fingerprint density at radius 3 is 2.16 bits per heavy atom. The maximum atomic E-state index is 6.43. The van der Waals surface area contributed by atoms with E-state index in [9.17, 15) is 0 Å². The van der Waals surface area contributed by atoms with Crippen LogP contribution in [0.25, 0.3) is 15.7 Å². The van der Waals surface area contributed by atoms with Crippen molar-refractivity contribution in [3.05, 3.63) is 172 Å². The Morgan fingerprint density at radius 2 is 1.52 bits per heavy atom. The molecule has 2 aliphatic carbocycles. The second-order valence-corrected chi connectivity index (χ2v) is 26.8. The number of nitrogens with one attached hydrogen (secondary N) is 1. The van der Waals surface area contributed by atoms with Crippen molar-refractivity contribution in [3.8, 4) is 5.75 Å². The van der Waals surface area contributed by atoms with E-state index in [0.29, 0.717) is 12.5 Å². The normalized spacial score (nSPS) is 21.4. The van der Waals surface area contributed by atoms with Gasteiger partial charge in [-0.25, -0.2) is 0 Å². The van der Waals surface area contributed by atoms with Crippen LogP contribution in [0.4, 0.5) is 0 Å². The van der Waals surface area contributed by atoms with Gasteiger partial charge < -0.3 is 15.0 Å². The summed E-state index contributed by atoms with van der Waals surface area (Å²) >= 11 is 1.95. The van der Waals surface area contributed by atoms with Gasteiger partial charge in [0, 0.05) is 41.2 Å². The predicted octanol–water partition coefficient (Wildman–Crippen LogP) is 19.2. The van der Waals surface area contributed by atoms with Crippen LogP contribution in [-0.4, -0.2) is 31.4 Å². The minimum atomic E-state index is -0.0675. The van der Waals surface area contributed by atoms with Gasteiger partial charge in [-0.05, 0) is 197 Å². The van der Waals surface area contributed by atoms with Crippen LogP contribution in [0.1, 0.15) is 204 Å². The summed E-state index contributed by atoms with van der Waals surface area (Å²) < 4.78 is 9.13. The van der Waals surface area contributed by atoms with Gasteiger partial charge in [-0.3, -0.25) is 0 Å². The van der Waals surface area contributed by atoms with Gasteiger partial charge in [0.15, 0.2) is 0 Å². The molecule has 0 saturated heterocycles. The molecule has 3 aliphatic rings. The lowest BCUT2D eigenvalue weighted by Crippen LogP contribution is -2.33. The smallest absolute Gasteiger partial charge is 0.207 e. The summed E-state index contributed by atoms with van der Waals surface area (Å²) in [5.74, 6) is 1.43. The minimum absolute atomic E-state index is 0.0475. The number of unbranched alkanes of at least 4 members (excludes halogenated alkanes) is 1. The zero-order valence-electron chi connectivity index (χ0n) is 50.1. The number of thiophene rings is 1. The first-order valence-corrected chi connectivity index (χ1v) is 29.7. The van der Waals surface area contributed by atoms with Crippen LogP contribution in [0.2, 0.25) is 0 Å². The van der Waals surface area contributed by atoms with Crippen LogP contribution in [0.5, 0.6) is 5.75 Å². The molecule has 1 radical (unpaired) electrons. The van der Waals surface area contributed by atoms with Gasteiger partial charge in [0.25, 0.3) is 0 Å². The van der Waals surface area contributed by atoms with Gasteiger partial charge in [0.05, 0.1) is 0 Å². The maximum Gasteiger partial charge on any atom is 0.207 e. The lowest BCUT2D eigenvalue weighted by molar-refractivity contribution is 0.257. The zero-order chi connectivity index (χ0) is 54.9. The molecule has 0 bridgehead atoms. The molecule has 403 valence electrons. The molecule has 1 saturated carbocycles. The van der Waals surface area contributed by atoms with Crippen LogP contribution in [0, 0.1) is 16.7 Å². The van der Waals surface area contributed by atoms with E-state index < -0.39 is 0 Å². The summed E-state index contributed by atoms with van der Waals surface area (Å²) in [6.07, 6.45) is 38.5. The third-order valence-electron chi connectivity index (χ3n) is 17.0. The first-order valence-electron chi connectivity index (χ1n) is 28.9. The van der Waals surface area contributed by atoms with Gasteiger partial charge >= 0.3 is 0 Å². The average molecular weight is 1030 g/mol. The molecule has 2 unspecified atom stereocenters. The minimum Gasteiger partial charge on any atom is -0.485 e. The summed E-state index contributed by atoms with van der Waals surface area (Å²) in [6.45, 7) is 46.0. The molecule has 2 atom stereocenters. The molecular weight excluding hydrogens is 928 g/mol. The molecule has 6 rings (SSSR count). The molecule has 0 amide bonds. The van der Waals surface area contributed by atoms with Crippen LogP contribution in [0.15, 0.2) is 150 Å². The predicted molar refractivity (Wildman–Crippen MR) is 334 cm³/mol. The highest BCUT2D eigenvalue weighted by Crippen LogP contribution is 2.52. The Labute approximate surface area is 463 Å². The van der Waals surface area contributed by atoms with Gasteiger partial charge in [0.1, 0.15) is 11.9 Å². The van der Waals surface area contributed by atoms with Crippen molar-refractivity contribution < 1.29 is 4.74 Å². The molecule has 1 aromatic heterocycles. The molecule has 1 N–H and O–H groups in total. The molecule has 2 heterocycles. The van der Waals surface area contributed by atoms with Crippen LogP contribution >= 0.6 is 11.3 Å². The fourth-order valence-electron chi connectivity index (χ4n) is 11.5. The molecule has 0 spiro atoms. The van der Waals surface area contributed by atoms with Crippen molar-refractivity contribution in [1.82, 2.24) is 10.2 Å². The second kappa shape index (κ2) is 25.2. The maximum absolute atomic E-state index is 6.43. The summed E-state index contributed by atoms with van der Waals surface area (Å²) in [6, 6.07) is 14.1. The van der Waals surface area contributed by atoms with Crippen LogP contribution in [0.3, 0.4) is 0 Å². The number of rotatable bonds is 21. The first kappa shape index (κ1) is 59.5. The summed E-state index contributed by atoms with van der Waals surface area (Å²) in [4.78, 5) is 2.60.